The molecule has 0 bridgehead atoms. The molecule has 1 atom stereocenters. The summed E-state index contributed by atoms with van der Waals surface area (Å²) in [6.07, 6.45) is 2.00. The van der Waals surface area contributed by atoms with Crippen LogP contribution in [-0.2, 0) is 4.79 Å². The summed E-state index contributed by atoms with van der Waals surface area (Å²) in [5, 5.41) is 8.73. The molecule has 0 aromatic heterocycles. The Balaban J connectivity index is 2.09. The van der Waals surface area contributed by atoms with Crippen molar-refractivity contribution in [1.29, 1.82) is 0 Å². The van der Waals surface area contributed by atoms with Crippen molar-refractivity contribution in [2.75, 3.05) is 40.3 Å². The number of nitrogens with one attached hydrogen (secondary N) is 3. The lowest BCUT2D eigenvalue weighted by Crippen LogP contribution is -2.44. The van der Waals surface area contributed by atoms with Crippen LogP contribution in [0.25, 0.3) is 0 Å². The fourth-order valence-electron chi connectivity index (χ4n) is 1.73. The Hall–Kier alpha value is -1.30. The number of urea groups is 1. The van der Waals surface area contributed by atoms with Crippen molar-refractivity contribution in [3.05, 3.63) is 0 Å². The van der Waals surface area contributed by atoms with E-state index in [9.17, 15) is 9.59 Å². The molecule has 0 aromatic rings. The van der Waals surface area contributed by atoms with Gasteiger partial charge in [0.1, 0.15) is 0 Å². The first kappa shape index (κ1) is 13.8. The fourth-order valence-corrected chi connectivity index (χ4v) is 1.73. The minimum Gasteiger partial charge on any atom is -0.354 e. The molecule has 1 aliphatic heterocycles. The molecule has 3 N–H and O–H groups in total. The number of rotatable bonds is 4. The molecule has 1 heterocycles. The molecule has 6 nitrogen and oxygen atoms in total. The van der Waals surface area contributed by atoms with E-state index in [1.54, 1.807) is 14.1 Å². The lowest BCUT2D eigenvalue weighted by atomic mass is 9.99. The summed E-state index contributed by atoms with van der Waals surface area (Å²) in [4.78, 5) is 24.3. The average Bonchev–Trinajstić information content (AvgIpc) is 2.35. The first-order valence-electron chi connectivity index (χ1n) is 6.05. The van der Waals surface area contributed by atoms with Gasteiger partial charge in [-0.15, -0.1) is 0 Å². The first-order chi connectivity index (χ1) is 8.11. The second-order valence-corrected chi connectivity index (χ2v) is 4.46. The summed E-state index contributed by atoms with van der Waals surface area (Å²) in [7, 11) is 3.36. The molecule has 1 saturated heterocycles. The second-order valence-electron chi connectivity index (χ2n) is 4.46. The van der Waals surface area contributed by atoms with Crippen molar-refractivity contribution in [3.63, 3.8) is 0 Å². The molecule has 0 radical (unpaired) electrons. The second kappa shape index (κ2) is 7.11. The van der Waals surface area contributed by atoms with Gasteiger partial charge in [0.2, 0.25) is 5.91 Å². The lowest BCUT2D eigenvalue weighted by Gasteiger charge is -2.22. The van der Waals surface area contributed by atoms with E-state index in [1.807, 2.05) is 0 Å². The third-order valence-electron chi connectivity index (χ3n) is 2.77. The zero-order chi connectivity index (χ0) is 12.7. The molecule has 0 aliphatic carbocycles. The third kappa shape index (κ3) is 5.04. The van der Waals surface area contributed by atoms with Gasteiger partial charge in [-0.25, -0.2) is 4.79 Å². The number of piperidine rings is 1. The summed E-state index contributed by atoms with van der Waals surface area (Å²) in [6, 6.07) is -0.140. The average molecular weight is 242 g/mol. The van der Waals surface area contributed by atoms with Gasteiger partial charge < -0.3 is 20.9 Å². The van der Waals surface area contributed by atoms with Crippen molar-refractivity contribution in [3.8, 4) is 0 Å². The van der Waals surface area contributed by atoms with Crippen LogP contribution in [0.15, 0.2) is 0 Å². The summed E-state index contributed by atoms with van der Waals surface area (Å²) in [6.45, 7) is 2.70. The fraction of sp³-hybridized carbons (Fsp3) is 0.818. The van der Waals surface area contributed by atoms with E-state index in [0.717, 1.165) is 25.9 Å². The SMILES string of the molecule is CN(C)C(=O)NCCNC(=O)[C@@H]1CCCNC1. The molecule has 1 fully saturated rings. The van der Waals surface area contributed by atoms with Gasteiger partial charge in [0.25, 0.3) is 0 Å². The Bertz CT molecular complexity index is 262. The van der Waals surface area contributed by atoms with Crippen molar-refractivity contribution >= 4 is 11.9 Å². The van der Waals surface area contributed by atoms with Gasteiger partial charge in [0, 0.05) is 33.7 Å². The van der Waals surface area contributed by atoms with Crippen LogP contribution < -0.4 is 16.0 Å². The van der Waals surface area contributed by atoms with Crippen molar-refractivity contribution in [2.24, 2.45) is 5.92 Å². The summed E-state index contributed by atoms with van der Waals surface area (Å²) in [5.41, 5.74) is 0. The van der Waals surface area contributed by atoms with Crippen molar-refractivity contribution < 1.29 is 9.59 Å². The minimum atomic E-state index is -0.140. The van der Waals surface area contributed by atoms with E-state index in [2.05, 4.69) is 16.0 Å². The molecular formula is C11H22N4O2. The maximum atomic E-state index is 11.7. The van der Waals surface area contributed by atoms with Gasteiger partial charge >= 0.3 is 6.03 Å². The third-order valence-corrected chi connectivity index (χ3v) is 2.77. The minimum absolute atomic E-state index is 0.0771. The summed E-state index contributed by atoms with van der Waals surface area (Å²) < 4.78 is 0. The maximum Gasteiger partial charge on any atom is 0.316 e. The molecule has 0 aromatic carbocycles. The molecule has 0 unspecified atom stereocenters. The van der Waals surface area contributed by atoms with Crippen LogP contribution in [0.4, 0.5) is 4.79 Å². The van der Waals surface area contributed by atoms with E-state index in [-0.39, 0.29) is 17.9 Å². The Morgan fingerprint density at radius 3 is 2.59 bits per heavy atom. The molecule has 98 valence electrons. The van der Waals surface area contributed by atoms with Crippen molar-refractivity contribution in [2.45, 2.75) is 12.8 Å². The van der Waals surface area contributed by atoms with Crippen molar-refractivity contribution in [1.82, 2.24) is 20.9 Å². The molecule has 0 saturated carbocycles. The van der Waals surface area contributed by atoms with Gasteiger partial charge in [-0.05, 0) is 19.4 Å². The molecule has 17 heavy (non-hydrogen) atoms. The Morgan fingerprint density at radius 2 is 2.00 bits per heavy atom. The number of carbonyl (C=O) groups is 2. The topological polar surface area (TPSA) is 73.5 Å². The number of amides is 3. The van der Waals surface area contributed by atoms with Gasteiger partial charge in [0.15, 0.2) is 0 Å². The highest BCUT2D eigenvalue weighted by Gasteiger charge is 2.20. The first-order valence-corrected chi connectivity index (χ1v) is 6.05. The van der Waals surface area contributed by atoms with Gasteiger partial charge in [-0.3, -0.25) is 4.79 Å². The zero-order valence-corrected chi connectivity index (χ0v) is 10.6. The predicted octanol–water partition coefficient (Wildman–Crippen LogP) is -0.627. The van der Waals surface area contributed by atoms with Gasteiger partial charge in [-0.2, -0.15) is 0 Å². The molecule has 1 rings (SSSR count). The van der Waals surface area contributed by atoms with E-state index in [1.165, 1.54) is 4.90 Å². The van der Waals surface area contributed by atoms with E-state index < -0.39 is 0 Å². The molecule has 0 spiro atoms. The zero-order valence-electron chi connectivity index (χ0n) is 10.6. The van der Waals surface area contributed by atoms with Gasteiger partial charge in [-0.1, -0.05) is 0 Å². The van der Waals surface area contributed by atoms with Crippen LogP contribution in [0.1, 0.15) is 12.8 Å². The number of carbonyl (C=O) groups excluding carboxylic acids is 2. The maximum absolute atomic E-state index is 11.7. The van der Waals surface area contributed by atoms with Crippen LogP contribution in [0.5, 0.6) is 0 Å². The Labute approximate surface area is 102 Å². The molecule has 6 heteroatoms. The molecular weight excluding hydrogens is 220 g/mol. The number of nitrogens with zero attached hydrogens (tertiary/aromatic N) is 1. The Kier molecular flexibility index (Phi) is 5.76. The van der Waals surface area contributed by atoms with Gasteiger partial charge in [0.05, 0.1) is 5.92 Å². The van der Waals surface area contributed by atoms with Crippen LogP contribution in [0, 0.1) is 5.92 Å². The van der Waals surface area contributed by atoms with E-state index in [4.69, 9.17) is 0 Å². The molecule has 3 amide bonds. The standard InChI is InChI=1S/C11H22N4O2/c1-15(2)11(17)14-7-6-13-10(16)9-4-3-5-12-8-9/h9,12H,3-8H2,1-2H3,(H,13,16)(H,14,17)/t9-/m1/s1. The lowest BCUT2D eigenvalue weighted by molar-refractivity contribution is -0.125. The largest absolute Gasteiger partial charge is 0.354 e. The normalized spacial score (nSPS) is 19.5. The monoisotopic (exact) mass is 242 g/mol. The summed E-state index contributed by atoms with van der Waals surface area (Å²) >= 11 is 0. The predicted molar refractivity (Wildman–Crippen MR) is 65.7 cm³/mol. The highest BCUT2D eigenvalue weighted by molar-refractivity contribution is 5.79. The summed E-state index contributed by atoms with van der Waals surface area (Å²) in [5.74, 6) is 0.157. The number of hydrogen-bond acceptors (Lipinski definition) is 3. The Morgan fingerprint density at radius 1 is 1.29 bits per heavy atom. The highest BCUT2D eigenvalue weighted by atomic mass is 16.2. The van der Waals surface area contributed by atoms with Crippen LogP contribution in [0.3, 0.4) is 0 Å². The molecule has 1 aliphatic rings. The van der Waals surface area contributed by atoms with Crippen LogP contribution >= 0.6 is 0 Å². The van der Waals surface area contributed by atoms with Crippen LogP contribution in [0.2, 0.25) is 0 Å². The highest BCUT2D eigenvalue weighted by Crippen LogP contribution is 2.09. The number of hydrogen-bond donors (Lipinski definition) is 3. The van der Waals surface area contributed by atoms with Crippen LogP contribution in [-0.4, -0.2) is 57.1 Å². The quantitative estimate of drug-likeness (QED) is 0.575. The van der Waals surface area contributed by atoms with E-state index in [0.29, 0.717) is 13.1 Å². The van der Waals surface area contributed by atoms with E-state index >= 15 is 0 Å². The smallest absolute Gasteiger partial charge is 0.316 e.